The lowest BCUT2D eigenvalue weighted by Gasteiger charge is -2.29. The first kappa shape index (κ1) is 25.4. The monoisotopic (exact) mass is 533 g/mol. The Morgan fingerprint density at radius 3 is 2.50 bits per heavy atom. The summed E-state index contributed by atoms with van der Waals surface area (Å²) in [6.07, 6.45) is 6.38. The van der Waals surface area contributed by atoms with Crippen molar-refractivity contribution in [2.45, 2.75) is 63.6 Å². The van der Waals surface area contributed by atoms with E-state index in [-0.39, 0.29) is 10.5 Å². The van der Waals surface area contributed by atoms with Gasteiger partial charge in [-0.15, -0.1) is 11.8 Å². The number of para-hydroxylation sites is 2. The molecule has 2 aliphatic rings. The Labute approximate surface area is 227 Å². The predicted octanol–water partition coefficient (Wildman–Crippen LogP) is 8.21. The molecular weight excluding hydrogens is 501 g/mol. The molecule has 3 nitrogen and oxygen atoms in total. The van der Waals surface area contributed by atoms with E-state index in [1.165, 1.54) is 20.8 Å². The molecular formula is C30H33N2OS3+. The molecule has 0 saturated heterocycles. The second kappa shape index (κ2) is 10.2. The Hall–Kier alpha value is -2.28. The van der Waals surface area contributed by atoms with Crippen LogP contribution in [0, 0.1) is 0 Å². The Morgan fingerprint density at radius 2 is 1.75 bits per heavy atom. The van der Waals surface area contributed by atoms with Gasteiger partial charge in [-0.2, -0.15) is 4.57 Å². The van der Waals surface area contributed by atoms with Gasteiger partial charge in [-0.05, 0) is 30.7 Å². The molecule has 2 heterocycles. The van der Waals surface area contributed by atoms with Crippen LogP contribution in [0.1, 0.15) is 52.5 Å². The van der Waals surface area contributed by atoms with Crippen molar-refractivity contribution in [2.75, 3.05) is 11.4 Å². The third kappa shape index (κ3) is 4.83. The minimum Gasteiger partial charge on any atom is -0.335 e. The van der Waals surface area contributed by atoms with Crippen LogP contribution in [-0.2, 0) is 11.3 Å². The van der Waals surface area contributed by atoms with Crippen LogP contribution in [0.3, 0.4) is 0 Å². The number of thioether (sulfide) groups is 2. The van der Waals surface area contributed by atoms with Gasteiger partial charge in [0.2, 0.25) is 5.52 Å². The lowest BCUT2D eigenvalue weighted by molar-refractivity contribution is -0.668. The molecule has 0 N–H and O–H groups in total. The molecule has 0 amide bonds. The number of aromatic nitrogens is 1. The van der Waals surface area contributed by atoms with Crippen molar-refractivity contribution in [1.82, 2.24) is 0 Å². The molecule has 0 unspecified atom stereocenters. The number of hydrogen-bond acceptors (Lipinski definition) is 5. The van der Waals surface area contributed by atoms with E-state index in [0.29, 0.717) is 0 Å². The number of thiazole rings is 1. The third-order valence-corrected chi connectivity index (χ3v) is 9.57. The van der Waals surface area contributed by atoms with Crippen molar-refractivity contribution in [3.05, 3.63) is 80.7 Å². The molecule has 0 spiro atoms. The third-order valence-electron chi connectivity index (χ3n) is 6.09. The van der Waals surface area contributed by atoms with Crippen LogP contribution in [0.5, 0.6) is 0 Å². The van der Waals surface area contributed by atoms with Crippen LogP contribution in [-0.4, -0.2) is 17.1 Å². The average molecular weight is 534 g/mol. The van der Waals surface area contributed by atoms with Crippen LogP contribution in [0.15, 0.2) is 80.6 Å². The Kier molecular flexibility index (Phi) is 7.21. The summed E-state index contributed by atoms with van der Waals surface area (Å²) in [4.78, 5) is 18.4. The lowest BCUT2D eigenvalue weighted by Crippen LogP contribution is -2.35. The minimum atomic E-state index is 0.00726. The maximum atomic E-state index is 13.7. The molecule has 0 bridgehead atoms. The van der Waals surface area contributed by atoms with Gasteiger partial charge in [-0.25, -0.2) is 0 Å². The van der Waals surface area contributed by atoms with Crippen LogP contribution < -0.4 is 9.47 Å². The number of aryl methyl sites for hydroxylation is 1. The number of hydrogen-bond donors (Lipinski definition) is 0. The zero-order chi connectivity index (χ0) is 25.4. The summed E-state index contributed by atoms with van der Waals surface area (Å²) in [6, 6.07) is 17.1. The van der Waals surface area contributed by atoms with E-state index < -0.39 is 0 Å². The zero-order valence-electron chi connectivity index (χ0n) is 21.6. The van der Waals surface area contributed by atoms with Gasteiger partial charge in [0.15, 0.2) is 5.78 Å². The smallest absolute Gasteiger partial charge is 0.263 e. The molecule has 0 radical (unpaired) electrons. The van der Waals surface area contributed by atoms with Crippen molar-refractivity contribution in [1.29, 1.82) is 0 Å². The van der Waals surface area contributed by atoms with Gasteiger partial charge >= 0.3 is 0 Å². The maximum Gasteiger partial charge on any atom is 0.263 e. The van der Waals surface area contributed by atoms with Gasteiger partial charge in [0, 0.05) is 50.8 Å². The number of carbonyl (C=O) groups is 1. The zero-order valence-corrected chi connectivity index (χ0v) is 24.1. The second-order valence-electron chi connectivity index (χ2n) is 10.1. The van der Waals surface area contributed by atoms with E-state index in [2.05, 4.69) is 105 Å². The van der Waals surface area contributed by atoms with E-state index in [4.69, 9.17) is 0 Å². The molecule has 1 aliphatic heterocycles. The SMILES string of the molecule is CCCN1C(=CC2=C(SC(C)(C)C)C(=Cc3sc4ccccc4[n+]3CCC)C2=O)Sc2ccccc21. The van der Waals surface area contributed by atoms with E-state index in [9.17, 15) is 4.79 Å². The highest BCUT2D eigenvalue weighted by Crippen LogP contribution is 2.50. The summed E-state index contributed by atoms with van der Waals surface area (Å²) in [5.74, 6) is 0.155. The summed E-state index contributed by atoms with van der Waals surface area (Å²) in [5, 5.41) is 2.30. The first-order valence-electron chi connectivity index (χ1n) is 12.7. The molecule has 186 valence electrons. The molecule has 0 fully saturated rings. The first-order chi connectivity index (χ1) is 17.3. The van der Waals surface area contributed by atoms with Crippen LogP contribution in [0.25, 0.3) is 16.3 Å². The number of ketones is 1. The first-order valence-corrected chi connectivity index (χ1v) is 15.1. The molecule has 6 heteroatoms. The molecule has 1 aliphatic carbocycles. The summed E-state index contributed by atoms with van der Waals surface area (Å²) < 4.78 is 3.63. The molecule has 0 atom stereocenters. The van der Waals surface area contributed by atoms with E-state index in [1.807, 2.05) is 0 Å². The van der Waals surface area contributed by atoms with Crippen LogP contribution >= 0.6 is 34.9 Å². The lowest BCUT2D eigenvalue weighted by atomic mass is 9.89. The summed E-state index contributed by atoms with van der Waals surface area (Å²) in [5.41, 5.74) is 4.19. The van der Waals surface area contributed by atoms with Crippen molar-refractivity contribution >= 4 is 62.6 Å². The fourth-order valence-electron chi connectivity index (χ4n) is 4.59. The Balaban J connectivity index is 1.59. The van der Waals surface area contributed by atoms with Gasteiger partial charge in [0.1, 0.15) is 11.2 Å². The number of rotatable bonds is 7. The van der Waals surface area contributed by atoms with E-state index >= 15 is 0 Å². The van der Waals surface area contributed by atoms with E-state index in [0.717, 1.165) is 52.0 Å². The van der Waals surface area contributed by atoms with Gasteiger partial charge < -0.3 is 4.90 Å². The largest absolute Gasteiger partial charge is 0.335 e. The summed E-state index contributed by atoms with van der Waals surface area (Å²) >= 11 is 5.35. The van der Waals surface area contributed by atoms with Crippen molar-refractivity contribution in [3.8, 4) is 0 Å². The van der Waals surface area contributed by atoms with Crippen molar-refractivity contribution < 1.29 is 9.36 Å². The van der Waals surface area contributed by atoms with Crippen LogP contribution in [0.4, 0.5) is 5.69 Å². The van der Waals surface area contributed by atoms with Crippen molar-refractivity contribution in [2.24, 2.45) is 0 Å². The minimum absolute atomic E-state index is 0.00726. The highest BCUT2D eigenvalue weighted by atomic mass is 32.2. The summed E-state index contributed by atoms with van der Waals surface area (Å²) in [6.45, 7) is 13.0. The number of nitrogens with zero attached hydrogens (tertiary/aromatic N) is 2. The Morgan fingerprint density at radius 1 is 1.00 bits per heavy atom. The molecule has 36 heavy (non-hydrogen) atoms. The Bertz CT molecular complexity index is 1420. The van der Waals surface area contributed by atoms with Gasteiger partial charge in [0.05, 0.1) is 10.7 Å². The topological polar surface area (TPSA) is 24.2 Å². The molecule has 2 aromatic carbocycles. The fraction of sp³-hybridized carbons (Fsp3) is 0.333. The molecule has 1 aromatic heterocycles. The number of Topliss-reactive ketones (excluding diaryl/α,β-unsaturated/α-hetero) is 1. The predicted molar refractivity (Wildman–Crippen MR) is 158 cm³/mol. The molecule has 0 saturated carbocycles. The fourth-order valence-corrected chi connectivity index (χ4v) is 7.99. The number of benzene rings is 2. The normalized spacial score (nSPS) is 18.0. The highest BCUT2D eigenvalue weighted by molar-refractivity contribution is 8.05. The molecule has 5 rings (SSSR count). The van der Waals surface area contributed by atoms with Gasteiger partial charge in [-0.3, -0.25) is 4.79 Å². The average Bonchev–Trinajstić information content (AvgIpc) is 3.38. The highest BCUT2D eigenvalue weighted by Gasteiger charge is 2.38. The number of fused-ring (bicyclic) bond motifs is 2. The maximum absolute atomic E-state index is 13.7. The van der Waals surface area contributed by atoms with Gasteiger partial charge in [0.25, 0.3) is 5.01 Å². The number of allylic oxidation sites excluding steroid dienone is 3. The number of carbonyl (C=O) groups excluding carboxylic acids is 1. The number of anilines is 1. The quantitative estimate of drug-likeness (QED) is 0.226. The standard InChI is InChI=1S/C30H33N2OS3/c1-6-16-31-22-12-8-10-14-24(22)34-26(31)18-20-28(33)21(29(20)36-30(3,4)5)19-27-32(17-7-2)23-13-9-11-15-25(23)35-27/h8-15,18-19H,6-7,16-17H2,1-5H3/q+1. The summed E-state index contributed by atoms with van der Waals surface area (Å²) in [7, 11) is 0. The van der Waals surface area contributed by atoms with E-state index in [1.54, 1.807) is 34.9 Å². The second-order valence-corrected chi connectivity index (χ2v) is 14.1. The van der Waals surface area contributed by atoms with Gasteiger partial charge in [-0.1, -0.05) is 82.0 Å². The van der Waals surface area contributed by atoms with Crippen LogP contribution in [0.2, 0.25) is 0 Å². The molecule has 3 aromatic rings. The van der Waals surface area contributed by atoms with Crippen molar-refractivity contribution in [3.63, 3.8) is 0 Å².